The molecule has 1 fully saturated rings. The average molecular weight is 425 g/mol. The van der Waals surface area contributed by atoms with Crippen LogP contribution in [-0.4, -0.2) is 36.6 Å². The number of thiazole rings is 1. The van der Waals surface area contributed by atoms with E-state index >= 15 is 0 Å². The number of anilines is 1. The van der Waals surface area contributed by atoms with Crippen LogP contribution in [0, 0.1) is 0 Å². The molecule has 6 nitrogen and oxygen atoms in total. The maximum Gasteiger partial charge on any atom is 0.340 e. The highest BCUT2D eigenvalue weighted by Gasteiger charge is 2.32. The number of benzene rings is 2. The van der Waals surface area contributed by atoms with Gasteiger partial charge >= 0.3 is 5.97 Å². The average Bonchev–Trinajstić information content (AvgIpc) is 3.18. The van der Waals surface area contributed by atoms with Crippen LogP contribution in [0.1, 0.15) is 47.6 Å². The Morgan fingerprint density at radius 3 is 2.80 bits per heavy atom. The van der Waals surface area contributed by atoms with Gasteiger partial charge in [0, 0.05) is 6.42 Å². The minimum Gasteiger partial charge on any atom is -0.462 e. The number of aromatic nitrogens is 1. The van der Waals surface area contributed by atoms with Crippen molar-refractivity contribution in [3.8, 4) is 0 Å². The number of hydrogen-bond donors (Lipinski definition) is 2. The quantitative estimate of drug-likeness (QED) is 0.596. The molecule has 0 aliphatic carbocycles. The third-order valence-electron chi connectivity index (χ3n) is 5.43. The van der Waals surface area contributed by atoms with Crippen LogP contribution < -0.4 is 10.2 Å². The second kappa shape index (κ2) is 9.36. The minimum absolute atomic E-state index is 0.102. The molecule has 4 rings (SSSR count). The summed E-state index contributed by atoms with van der Waals surface area (Å²) < 4.78 is 6.29. The smallest absolute Gasteiger partial charge is 0.340 e. The predicted octanol–water partition coefficient (Wildman–Crippen LogP) is 3.22. The maximum absolute atomic E-state index is 12.9. The Balaban J connectivity index is 1.48. The largest absolute Gasteiger partial charge is 0.462 e. The van der Waals surface area contributed by atoms with E-state index in [2.05, 4.69) is 11.4 Å². The first-order valence-electron chi connectivity index (χ1n) is 10.4. The Morgan fingerprint density at radius 2 is 1.97 bits per heavy atom. The Hall–Kier alpha value is -2.77. The summed E-state index contributed by atoms with van der Waals surface area (Å²) in [5, 5.41) is 4.02. The SMILES string of the molecule is CCOC(=O)c1ccccc1NC(=O)C[NH+]1CCCC[C@@H]1c1nc2ccccc2s1. The number of ether oxygens (including phenoxy) is 1. The number of piperidine rings is 1. The first kappa shape index (κ1) is 20.5. The zero-order valence-corrected chi connectivity index (χ0v) is 17.8. The van der Waals surface area contributed by atoms with Gasteiger partial charge in [-0.05, 0) is 44.0 Å². The lowest BCUT2D eigenvalue weighted by molar-refractivity contribution is -0.929. The van der Waals surface area contributed by atoms with Crippen molar-refractivity contribution in [3.05, 3.63) is 59.1 Å². The highest BCUT2D eigenvalue weighted by molar-refractivity contribution is 7.18. The number of hydrogen-bond acceptors (Lipinski definition) is 5. The van der Waals surface area contributed by atoms with Crippen molar-refractivity contribution in [1.29, 1.82) is 0 Å². The van der Waals surface area contributed by atoms with E-state index in [4.69, 9.17) is 9.72 Å². The Bertz CT molecular complexity index is 1020. The summed E-state index contributed by atoms with van der Waals surface area (Å²) >= 11 is 1.73. The molecule has 2 aromatic carbocycles. The molecule has 0 radical (unpaired) electrons. The molecule has 1 unspecified atom stereocenters. The molecule has 1 amide bonds. The van der Waals surface area contributed by atoms with Crippen molar-refractivity contribution in [2.24, 2.45) is 0 Å². The van der Waals surface area contributed by atoms with E-state index in [1.54, 1.807) is 42.5 Å². The van der Waals surface area contributed by atoms with Crippen molar-refractivity contribution in [2.75, 3.05) is 25.0 Å². The standard InChI is InChI=1S/C23H25N3O3S/c1-2-29-23(28)16-9-3-4-10-17(16)24-21(27)15-26-14-8-7-12-19(26)22-25-18-11-5-6-13-20(18)30-22/h3-6,9-11,13,19H,2,7-8,12,14-15H2,1H3,(H,24,27)/p+1/t19-/m1/s1. The number of fused-ring (bicyclic) bond motifs is 1. The van der Waals surface area contributed by atoms with Gasteiger partial charge in [0.2, 0.25) is 0 Å². The van der Waals surface area contributed by atoms with Crippen molar-refractivity contribution in [3.63, 3.8) is 0 Å². The molecule has 1 saturated heterocycles. The van der Waals surface area contributed by atoms with Crippen LogP contribution in [0.4, 0.5) is 5.69 Å². The molecule has 1 aliphatic rings. The van der Waals surface area contributed by atoms with Crippen LogP contribution in [-0.2, 0) is 9.53 Å². The van der Waals surface area contributed by atoms with Crippen LogP contribution in [0.5, 0.6) is 0 Å². The number of nitrogens with one attached hydrogen (secondary N) is 2. The van der Waals surface area contributed by atoms with Crippen LogP contribution >= 0.6 is 11.3 Å². The van der Waals surface area contributed by atoms with E-state index in [1.165, 1.54) is 9.60 Å². The second-order valence-electron chi connectivity index (χ2n) is 7.47. The molecular weight excluding hydrogens is 398 g/mol. The number of esters is 1. The lowest BCUT2D eigenvalue weighted by Gasteiger charge is -2.30. The number of para-hydroxylation sites is 2. The van der Waals surface area contributed by atoms with Crippen molar-refractivity contribution >= 4 is 39.1 Å². The fourth-order valence-corrected chi connectivity index (χ4v) is 5.17. The highest BCUT2D eigenvalue weighted by Crippen LogP contribution is 2.28. The van der Waals surface area contributed by atoms with E-state index in [9.17, 15) is 9.59 Å². The molecule has 7 heteroatoms. The molecule has 0 saturated carbocycles. The topological polar surface area (TPSA) is 72.7 Å². The number of carbonyl (C=O) groups is 2. The van der Waals surface area contributed by atoms with Crippen molar-refractivity contribution < 1.29 is 19.2 Å². The van der Waals surface area contributed by atoms with Gasteiger partial charge in [0.15, 0.2) is 11.6 Å². The number of quaternary nitrogens is 1. The zero-order valence-electron chi connectivity index (χ0n) is 17.0. The molecule has 3 aromatic rings. The van der Waals surface area contributed by atoms with E-state index in [0.29, 0.717) is 24.4 Å². The molecule has 2 N–H and O–H groups in total. The van der Waals surface area contributed by atoms with Gasteiger partial charge in [0.1, 0.15) is 6.04 Å². The number of rotatable bonds is 6. The lowest BCUT2D eigenvalue weighted by Crippen LogP contribution is -3.14. The summed E-state index contributed by atoms with van der Waals surface area (Å²) in [6.07, 6.45) is 3.28. The van der Waals surface area contributed by atoms with Crippen molar-refractivity contribution in [2.45, 2.75) is 32.2 Å². The minimum atomic E-state index is -0.425. The summed E-state index contributed by atoms with van der Waals surface area (Å²) in [6, 6.07) is 15.4. The highest BCUT2D eigenvalue weighted by atomic mass is 32.1. The van der Waals surface area contributed by atoms with Gasteiger partial charge in [-0.2, -0.15) is 0 Å². The third-order valence-corrected chi connectivity index (χ3v) is 6.58. The maximum atomic E-state index is 12.9. The molecule has 2 heterocycles. The predicted molar refractivity (Wildman–Crippen MR) is 118 cm³/mol. The molecule has 1 aliphatic heterocycles. The van der Waals surface area contributed by atoms with E-state index < -0.39 is 5.97 Å². The monoisotopic (exact) mass is 424 g/mol. The first-order valence-corrected chi connectivity index (χ1v) is 11.2. The lowest BCUT2D eigenvalue weighted by atomic mass is 10.0. The number of nitrogens with zero attached hydrogens (tertiary/aromatic N) is 1. The van der Waals surface area contributed by atoms with Gasteiger partial charge < -0.3 is 15.0 Å². The van der Waals surface area contributed by atoms with Crippen LogP contribution in [0.25, 0.3) is 10.2 Å². The van der Waals surface area contributed by atoms with Gasteiger partial charge in [-0.25, -0.2) is 9.78 Å². The van der Waals surface area contributed by atoms with Gasteiger partial charge in [-0.1, -0.05) is 24.3 Å². The van der Waals surface area contributed by atoms with E-state index in [-0.39, 0.29) is 11.9 Å². The summed E-state index contributed by atoms with van der Waals surface area (Å²) in [5.74, 6) is -0.527. The third kappa shape index (κ3) is 4.52. The summed E-state index contributed by atoms with van der Waals surface area (Å²) in [7, 11) is 0. The Morgan fingerprint density at radius 1 is 1.17 bits per heavy atom. The number of carbonyl (C=O) groups excluding carboxylic acids is 2. The summed E-state index contributed by atoms with van der Waals surface area (Å²) in [4.78, 5) is 31.1. The molecule has 2 atom stereocenters. The first-order chi connectivity index (χ1) is 14.7. The normalized spacial score (nSPS) is 18.8. The van der Waals surface area contributed by atoms with Crippen LogP contribution in [0.2, 0.25) is 0 Å². The van der Waals surface area contributed by atoms with E-state index in [1.807, 2.05) is 18.2 Å². The zero-order chi connectivity index (χ0) is 20.9. The molecule has 30 heavy (non-hydrogen) atoms. The van der Waals surface area contributed by atoms with Crippen LogP contribution in [0.3, 0.4) is 0 Å². The summed E-state index contributed by atoms with van der Waals surface area (Å²) in [5.41, 5.74) is 1.90. The van der Waals surface area contributed by atoms with Crippen molar-refractivity contribution in [1.82, 2.24) is 4.98 Å². The molecule has 0 spiro atoms. The molecule has 156 valence electrons. The van der Waals surface area contributed by atoms with Gasteiger partial charge in [0.05, 0.1) is 34.6 Å². The van der Waals surface area contributed by atoms with E-state index in [0.717, 1.165) is 36.3 Å². The molecule has 0 bridgehead atoms. The summed E-state index contributed by atoms with van der Waals surface area (Å²) in [6.45, 7) is 3.34. The van der Waals surface area contributed by atoms with Crippen LogP contribution in [0.15, 0.2) is 48.5 Å². The fourth-order valence-electron chi connectivity index (χ4n) is 4.01. The molecule has 1 aromatic heterocycles. The van der Waals surface area contributed by atoms with Gasteiger partial charge in [-0.3, -0.25) is 4.79 Å². The fraction of sp³-hybridized carbons (Fsp3) is 0.348. The molecular formula is C23H26N3O3S+. The number of amides is 1. The number of likely N-dealkylation sites (tertiary alicyclic amines) is 1. The Labute approximate surface area is 179 Å². The Kier molecular flexibility index (Phi) is 6.40. The second-order valence-corrected chi connectivity index (χ2v) is 8.53. The van der Waals surface area contributed by atoms with Gasteiger partial charge in [0.25, 0.3) is 5.91 Å². The van der Waals surface area contributed by atoms with Gasteiger partial charge in [-0.15, -0.1) is 11.3 Å².